The normalized spacial score (nSPS) is 10.4. The summed E-state index contributed by atoms with van der Waals surface area (Å²) in [7, 11) is 0. The van der Waals surface area contributed by atoms with Crippen molar-refractivity contribution < 1.29 is 9.18 Å². The Bertz CT molecular complexity index is 603. The number of nitrogens with one attached hydrogen (secondary N) is 1. The highest BCUT2D eigenvalue weighted by molar-refractivity contribution is 8.00. The van der Waals surface area contributed by atoms with Gasteiger partial charge in [-0.25, -0.2) is 4.39 Å². The van der Waals surface area contributed by atoms with Gasteiger partial charge in [-0.15, -0.1) is 11.8 Å². The maximum Gasteiger partial charge on any atom is 0.230 e. The van der Waals surface area contributed by atoms with Crippen molar-refractivity contribution in [3.05, 3.63) is 64.9 Å². The Morgan fingerprint density at radius 3 is 2.57 bits per heavy atom. The molecule has 21 heavy (non-hydrogen) atoms. The van der Waals surface area contributed by atoms with Gasteiger partial charge in [0.1, 0.15) is 5.82 Å². The average molecular weight is 324 g/mol. The average Bonchev–Trinajstić information content (AvgIpc) is 2.48. The zero-order valence-corrected chi connectivity index (χ0v) is 12.9. The first-order chi connectivity index (χ1) is 10.1. The Labute approximate surface area is 132 Å². The molecule has 0 fully saturated rings. The van der Waals surface area contributed by atoms with E-state index in [1.165, 1.54) is 17.8 Å². The lowest BCUT2D eigenvalue weighted by Crippen LogP contribution is -2.27. The summed E-state index contributed by atoms with van der Waals surface area (Å²) >= 11 is 7.00. The molecule has 0 aliphatic heterocycles. The molecule has 0 saturated heterocycles. The molecular formula is C16H15ClFNOS. The van der Waals surface area contributed by atoms with E-state index in [4.69, 9.17) is 11.6 Å². The molecule has 110 valence electrons. The van der Waals surface area contributed by atoms with E-state index in [-0.39, 0.29) is 17.5 Å². The number of rotatable bonds is 6. The van der Waals surface area contributed by atoms with Crippen molar-refractivity contribution in [2.45, 2.75) is 11.3 Å². The third-order valence-corrected chi connectivity index (χ3v) is 4.15. The van der Waals surface area contributed by atoms with Crippen LogP contribution >= 0.6 is 23.4 Å². The predicted molar refractivity (Wildman–Crippen MR) is 85.3 cm³/mol. The van der Waals surface area contributed by atoms with E-state index >= 15 is 0 Å². The van der Waals surface area contributed by atoms with Crippen molar-refractivity contribution in [2.75, 3.05) is 12.3 Å². The lowest BCUT2D eigenvalue weighted by Gasteiger charge is -2.06. The third-order valence-electron chi connectivity index (χ3n) is 2.84. The molecule has 0 aromatic heterocycles. The van der Waals surface area contributed by atoms with Gasteiger partial charge in [-0.3, -0.25) is 4.79 Å². The first-order valence-electron chi connectivity index (χ1n) is 6.53. The molecule has 0 saturated carbocycles. The van der Waals surface area contributed by atoms with Gasteiger partial charge < -0.3 is 5.32 Å². The highest BCUT2D eigenvalue weighted by atomic mass is 35.5. The molecular weight excluding hydrogens is 309 g/mol. The molecule has 0 atom stereocenters. The van der Waals surface area contributed by atoms with Crippen molar-refractivity contribution in [1.29, 1.82) is 0 Å². The second kappa shape index (κ2) is 8.05. The van der Waals surface area contributed by atoms with E-state index in [0.29, 0.717) is 16.5 Å². The SMILES string of the molecule is O=C(CSc1ccccc1F)NCCc1ccc(Cl)cc1. The van der Waals surface area contributed by atoms with Gasteiger partial charge in [0.15, 0.2) is 0 Å². The molecule has 0 unspecified atom stereocenters. The lowest BCUT2D eigenvalue weighted by molar-refractivity contribution is -0.118. The molecule has 2 aromatic rings. The van der Waals surface area contributed by atoms with Gasteiger partial charge in [-0.05, 0) is 36.2 Å². The van der Waals surface area contributed by atoms with Crippen molar-refractivity contribution in [1.82, 2.24) is 5.32 Å². The Morgan fingerprint density at radius 2 is 1.86 bits per heavy atom. The maximum absolute atomic E-state index is 13.4. The predicted octanol–water partition coefficient (Wildman–Crippen LogP) is 3.93. The van der Waals surface area contributed by atoms with E-state index in [1.807, 2.05) is 24.3 Å². The summed E-state index contributed by atoms with van der Waals surface area (Å²) in [5.74, 6) is -0.185. The van der Waals surface area contributed by atoms with Crippen LogP contribution in [0.15, 0.2) is 53.4 Å². The molecule has 2 nitrogen and oxygen atoms in total. The summed E-state index contributed by atoms with van der Waals surface area (Å²) in [6.45, 7) is 0.554. The van der Waals surface area contributed by atoms with Crippen LogP contribution in [0, 0.1) is 5.82 Å². The Balaban J connectivity index is 1.70. The fourth-order valence-electron chi connectivity index (χ4n) is 1.75. The molecule has 2 aromatic carbocycles. The molecule has 0 spiro atoms. The molecule has 0 aliphatic carbocycles. The summed E-state index contributed by atoms with van der Waals surface area (Å²) in [5.41, 5.74) is 1.11. The molecule has 1 amide bonds. The topological polar surface area (TPSA) is 29.1 Å². The van der Waals surface area contributed by atoms with Gasteiger partial charge in [-0.2, -0.15) is 0 Å². The van der Waals surface area contributed by atoms with Crippen molar-refractivity contribution >= 4 is 29.3 Å². The largest absolute Gasteiger partial charge is 0.355 e. The Hall–Kier alpha value is -1.52. The minimum absolute atomic E-state index is 0.0998. The van der Waals surface area contributed by atoms with Crippen LogP contribution in [-0.4, -0.2) is 18.2 Å². The molecule has 5 heteroatoms. The minimum atomic E-state index is -0.295. The van der Waals surface area contributed by atoms with Crippen LogP contribution in [-0.2, 0) is 11.2 Å². The second-order valence-electron chi connectivity index (χ2n) is 4.45. The van der Waals surface area contributed by atoms with Crippen LogP contribution in [0.5, 0.6) is 0 Å². The van der Waals surface area contributed by atoms with Gasteiger partial charge in [0, 0.05) is 16.5 Å². The first kappa shape index (κ1) is 15.9. The fraction of sp³-hybridized carbons (Fsp3) is 0.188. The van der Waals surface area contributed by atoms with Gasteiger partial charge in [0.2, 0.25) is 5.91 Å². The molecule has 0 aliphatic rings. The van der Waals surface area contributed by atoms with E-state index in [9.17, 15) is 9.18 Å². The Morgan fingerprint density at radius 1 is 1.14 bits per heavy atom. The second-order valence-corrected chi connectivity index (χ2v) is 5.90. The Kier molecular flexibility index (Phi) is 6.08. The summed E-state index contributed by atoms with van der Waals surface area (Å²) in [6.07, 6.45) is 0.743. The smallest absolute Gasteiger partial charge is 0.230 e. The van der Waals surface area contributed by atoms with E-state index in [0.717, 1.165) is 12.0 Å². The number of thioether (sulfide) groups is 1. The summed E-state index contributed by atoms with van der Waals surface area (Å²) in [6, 6.07) is 14.0. The fourth-order valence-corrected chi connectivity index (χ4v) is 2.65. The van der Waals surface area contributed by atoms with Gasteiger partial charge >= 0.3 is 0 Å². The summed E-state index contributed by atoms with van der Waals surface area (Å²) in [4.78, 5) is 12.2. The zero-order chi connectivity index (χ0) is 15.1. The number of hydrogen-bond acceptors (Lipinski definition) is 2. The number of benzene rings is 2. The van der Waals surface area contributed by atoms with Crippen molar-refractivity contribution in [2.24, 2.45) is 0 Å². The standard InChI is InChI=1S/C16H15ClFNOS/c17-13-7-5-12(6-8-13)9-10-19-16(20)11-21-15-4-2-1-3-14(15)18/h1-8H,9-11H2,(H,19,20). The van der Waals surface area contributed by atoms with Crippen molar-refractivity contribution in [3.8, 4) is 0 Å². The van der Waals surface area contributed by atoms with E-state index in [2.05, 4.69) is 5.32 Å². The number of hydrogen-bond donors (Lipinski definition) is 1. The van der Waals surface area contributed by atoms with Crippen LogP contribution < -0.4 is 5.32 Å². The van der Waals surface area contributed by atoms with E-state index < -0.39 is 0 Å². The first-order valence-corrected chi connectivity index (χ1v) is 7.90. The molecule has 0 bridgehead atoms. The lowest BCUT2D eigenvalue weighted by atomic mass is 10.1. The highest BCUT2D eigenvalue weighted by Crippen LogP contribution is 2.20. The maximum atomic E-state index is 13.4. The van der Waals surface area contributed by atoms with Gasteiger partial charge in [-0.1, -0.05) is 35.9 Å². The van der Waals surface area contributed by atoms with Crippen molar-refractivity contribution in [3.63, 3.8) is 0 Å². The summed E-state index contributed by atoms with van der Waals surface area (Å²) < 4.78 is 13.4. The molecule has 0 radical (unpaired) electrons. The number of carbonyl (C=O) groups excluding carboxylic acids is 1. The van der Waals surface area contributed by atoms with Crippen LogP contribution in [0.25, 0.3) is 0 Å². The van der Waals surface area contributed by atoms with Crippen LogP contribution in [0.4, 0.5) is 4.39 Å². The third kappa shape index (κ3) is 5.40. The zero-order valence-electron chi connectivity index (χ0n) is 11.3. The summed E-state index contributed by atoms with van der Waals surface area (Å²) in [5, 5.41) is 3.52. The van der Waals surface area contributed by atoms with Crippen LogP contribution in [0.3, 0.4) is 0 Å². The van der Waals surface area contributed by atoms with Crippen LogP contribution in [0.2, 0.25) is 5.02 Å². The monoisotopic (exact) mass is 323 g/mol. The van der Waals surface area contributed by atoms with Gasteiger partial charge in [0.05, 0.1) is 5.75 Å². The minimum Gasteiger partial charge on any atom is -0.355 e. The number of halogens is 2. The highest BCUT2D eigenvalue weighted by Gasteiger charge is 2.05. The molecule has 2 rings (SSSR count). The van der Waals surface area contributed by atoms with Gasteiger partial charge in [0.25, 0.3) is 0 Å². The molecule has 0 heterocycles. The van der Waals surface area contributed by atoms with E-state index in [1.54, 1.807) is 18.2 Å². The number of amides is 1. The quantitative estimate of drug-likeness (QED) is 0.816. The van der Waals surface area contributed by atoms with Crippen LogP contribution in [0.1, 0.15) is 5.56 Å². The molecule has 1 N–H and O–H groups in total. The number of carbonyl (C=O) groups is 1.